The van der Waals surface area contributed by atoms with Gasteiger partial charge in [0.05, 0.1) is 0 Å². The van der Waals surface area contributed by atoms with Crippen LogP contribution in [0.15, 0.2) is 22.7 Å². The van der Waals surface area contributed by atoms with E-state index in [0.29, 0.717) is 13.1 Å². The normalized spacial score (nSPS) is 11.3. The molecule has 0 aliphatic heterocycles. The zero-order valence-electron chi connectivity index (χ0n) is 12.3. The second kappa shape index (κ2) is 6.42. The predicted molar refractivity (Wildman–Crippen MR) is 81.2 cm³/mol. The summed E-state index contributed by atoms with van der Waals surface area (Å²) in [5, 5.41) is 0. The minimum atomic E-state index is -0.461. The summed E-state index contributed by atoms with van der Waals surface area (Å²) < 4.78 is 6.47. The highest BCUT2D eigenvalue weighted by molar-refractivity contribution is 9.10. The van der Waals surface area contributed by atoms with Crippen molar-refractivity contribution >= 4 is 22.0 Å². The SMILES string of the molecule is CCN(Cc1cccc(Br)c1C)C(=O)OC(C)(C)C. The molecule has 4 heteroatoms. The average molecular weight is 328 g/mol. The van der Waals surface area contributed by atoms with E-state index in [2.05, 4.69) is 15.9 Å². The molecule has 0 heterocycles. The molecule has 1 aromatic rings. The zero-order chi connectivity index (χ0) is 14.6. The van der Waals surface area contributed by atoms with Gasteiger partial charge in [0.2, 0.25) is 0 Å². The summed E-state index contributed by atoms with van der Waals surface area (Å²) in [5.74, 6) is 0. The molecule has 3 nitrogen and oxygen atoms in total. The maximum atomic E-state index is 12.1. The van der Waals surface area contributed by atoms with Gasteiger partial charge in [-0.05, 0) is 51.8 Å². The van der Waals surface area contributed by atoms with Gasteiger partial charge in [0.25, 0.3) is 0 Å². The number of nitrogens with zero attached hydrogens (tertiary/aromatic N) is 1. The van der Waals surface area contributed by atoms with Crippen LogP contribution < -0.4 is 0 Å². The first-order chi connectivity index (χ1) is 8.74. The molecule has 0 spiro atoms. The molecule has 0 unspecified atom stereocenters. The maximum Gasteiger partial charge on any atom is 0.410 e. The molecule has 0 aromatic heterocycles. The quantitative estimate of drug-likeness (QED) is 0.817. The summed E-state index contributed by atoms with van der Waals surface area (Å²) >= 11 is 3.51. The molecular formula is C15H22BrNO2. The Morgan fingerprint density at radius 3 is 2.53 bits per heavy atom. The van der Waals surface area contributed by atoms with Crippen molar-refractivity contribution in [2.75, 3.05) is 6.54 Å². The first-order valence-corrected chi connectivity index (χ1v) is 7.26. The Balaban J connectivity index is 2.82. The van der Waals surface area contributed by atoms with Crippen LogP contribution in [0.5, 0.6) is 0 Å². The van der Waals surface area contributed by atoms with Crippen molar-refractivity contribution < 1.29 is 9.53 Å². The van der Waals surface area contributed by atoms with E-state index in [0.717, 1.165) is 15.6 Å². The highest BCUT2D eigenvalue weighted by Gasteiger charge is 2.21. The molecule has 0 aliphatic rings. The smallest absolute Gasteiger partial charge is 0.410 e. The lowest BCUT2D eigenvalue weighted by atomic mass is 10.1. The number of rotatable bonds is 3. The number of hydrogen-bond acceptors (Lipinski definition) is 2. The monoisotopic (exact) mass is 327 g/mol. The predicted octanol–water partition coefficient (Wildman–Crippen LogP) is 4.51. The Morgan fingerprint density at radius 1 is 1.37 bits per heavy atom. The van der Waals surface area contributed by atoms with E-state index in [4.69, 9.17) is 4.74 Å². The summed E-state index contributed by atoms with van der Waals surface area (Å²) in [6.07, 6.45) is -0.269. The lowest BCUT2D eigenvalue weighted by molar-refractivity contribution is 0.0244. The van der Waals surface area contributed by atoms with Gasteiger partial charge in [-0.3, -0.25) is 0 Å². The fraction of sp³-hybridized carbons (Fsp3) is 0.533. The van der Waals surface area contributed by atoms with Crippen molar-refractivity contribution in [1.82, 2.24) is 4.90 Å². The van der Waals surface area contributed by atoms with Crippen molar-refractivity contribution in [1.29, 1.82) is 0 Å². The van der Waals surface area contributed by atoms with Gasteiger partial charge in [0.1, 0.15) is 5.60 Å². The molecule has 19 heavy (non-hydrogen) atoms. The van der Waals surface area contributed by atoms with Crippen LogP contribution in [0.3, 0.4) is 0 Å². The topological polar surface area (TPSA) is 29.5 Å². The van der Waals surface area contributed by atoms with Crippen LogP contribution in [0, 0.1) is 6.92 Å². The van der Waals surface area contributed by atoms with Gasteiger partial charge in [-0.1, -0.05) is 28.1 Å². The molecule has 106 valence electrons. The van der Waals surface area contributed by atoms with Gasteiger partial charge < -0.3 is 9.64 Å². The number of hydrogen-bond donors (Lipinski definition) is 0. The third-order valence-electron chi connectivity index (χ3n) is 2.77. The molecule has 0 atom stereocenters. The van der Waals surface area contributed by atoms with Gasteiger partial charge in [-0.15, -0.1) is 0 Å². The van der Waals surface area contributed by atoms with Crippen LogP contribution in [0.25, 0.3) is 0 Å². The van der Waals surface area contributed by atoms with Crippen LogP contribution in [-0.2, 0) is 11.3 Å². The number of amides is 1. The molecule has 0 N–H and O–H groups in total. The van der Waals surface area contributed by atoms with E-state index in [1.165, 1.54) is 0 Å². The molecular weight excluding hydrogens is 306 g/mol. The summed E-state index contributed by atoms with van der Waals surface area (Å²) in [4.78, 5) is 13.8. The number of ether oxygens (including phenoxy) is 1. The maximum absolute atomic E-state index is 12.1. The van der Waals surface area contributed by atoms with Gasteiger partial charge in [-0.25, -0.2) is 4.79 Å². The zero-order valence-corrected chi connectivity index (χ0v) is 13.9. The second-order valence-corrected chi connectivity index (χ2v) is 6.37. The molecule has 0 radical (unpaired) electrons. The summed E-state index contributed by atoms with van der Waals surface area (Å²) in [7, 11) is 0. The Hall–Kier alpha value is -1.03. The molecule has 0 saturated carbocycles. The minimum absolute atomic E-state index is 0.269. The van der Waals surface area contributed by atoms with Crippen LogP contribution in [0.1, 0.15) is 38.8 Å². The fourth-order valence-electron chi connectivity index (χ4n) is 1.66. The van der Waals surface area contributed by atoms with Crippen LogP contribution in [-0.4, -0.2) is 23.1 Å². The van der Waals surface area contributed by atoms with E-state index in [-0.39, 0.29) is 6.09 Å². The highest BCUT2D eigenvalue weighted by Crippen LogP contribution is 2.21. The first kappa shape index (κ1) is 16.0. The molecule has 1 aromatic carbocycles. The third-order valence-corrected chi connectivity index (χ3v) is 3.63. The fourth-order valence-corrected chi connectivity index (χ4v) is 2.07. The lowest BCUT2D eigenvalue weighted by Gasteiger charge is -2.27. The van der Waals surface area contributed by atoms with Gasteiger partial charge in [-0.2, -0.15) is 0 Å². The minimum Gasteiger partial charge on any atom is -0.444 e. The van der Waals surface area contributed by atoms with Crippen LogP contribution >= 0.6 is 15.9 Å². The van der Waals surface area contributed by atoms with Crippen molar-refractivity contribution in [3.63, 3.8) is 0 Å². The average Bonchev–Trinajstić information content (AvgIpc) is 2.28. The van der Waals surface area contributed by atoms with Crippen molar-refractivity contribution in [3.05, 3.63) is 33.8 Å². The second-order valence-electron chi connectivity index (χ2n) is 5.52. The highest BCUT2D eigenvalue weighted by atomic mass is 79.9. The largest absolute Gasteiger partial charge is 0.444 e. The molecule has 1 amide bonds. The van der Waals surface area contributed by atoms with Gasteiger partial charge in [0.15, 0.2) is 0 Å². The Labute approximate surface area is 124 Å². The molecule has 0 fully saturated rings. The van der Waals surface area contributed by atoms with Crippen molar-refractivity contribution in [2.45, 2.75) is 46.8 Å². The lowest BCUT2D eigenvalue weighted by Crippen LogP contribution is -2.36. The van der Waals surface area contributed by atoms with E-state index in [1.807, 2.05) is 52.8 Å². The molecule has 0 saturated heterocycles. The van der Waals surface area contributed by atoms with Crippen LogP contribution in [0.4, 0.5) is 4.79 Å². The molecule has 1 rings (SSSR count). The Bertz CT molecular complexity index is 452. The number of halogens is 1. The number of carbonyl (C=O) groups is 1. The number of carbonyl (C=O) groups excluding carboxylic acids is 1. The van der Waals surface area contributed by atoms with Crippen molar-refractivity contribution in [3.8, 4) is 0 Å². The molecule has 0 bridgehead atoms. The van der Waals surface area contributed by atoms with Gasteiger partial charge >= 0.3 is 6.09 Å². The van der Waals surface area contributed by atoms with E-state index >= 15 is 0 Å². The first-order valence-electron chi connectivity index (χ1n) is 6.46. The summed E-state index contributed by atoms with van der Waals surface area (Å²) in [5.41, 5.74) is 1.82. The summed E-state index contributed by atoms with van der Waals surface area (Å²) in [6.45, 7) is 10.8. The van der Waals surface area contributed by atoms with E-state index < -0.39 is 5.60 Å². The van der Waals surface area contributed by atoms with E-state index in [9.17, 15) is 4.79 Å². The van der Waals surface area contributed by atoms with Crippen LogP contribution in [0.2, 0.25) is 0 Å². The van der Waals surface area contributed by atoms with Crippen molar-refractivity contribution in [2.24, 2.45) is 0 Å². The summed E-state index contributed by atoms with van der Waals surface area (Å²) in [6, 6.07) is 6.02. The standard InChI is InChI=1S/C15H22BrNO2/c1-6-17(14(18)19-15(3,4)5)10-12-8-7-9-13(16)11(12)2/h7-9H,6,10H2,1-5H3. The van der Waals surface area contributed by atoms with E-state index in [1.54, 1.807) is 4.90 Å². The molecule has 0 aliphatic carbocycles. The Kier molecular flexibility index (Phi) is 5.41. The van der Waals surface area contributed by atoms with Gasteiger partial charge in [0, 0.05) is 17.6 Å². The number of benzene rings is 1. The Morgan fingerprint density at radius 2 is 2.00 bits per heavy atom. The third kappa shape index (κ3) is 4.86.